The molecule has 3 heteroatoms. The summed E-state index contributed by atoms with van der Waals surface area (Å²) in [6.07, 6.45) is 0.653. The highest BCUT2D eigenvalue weighted by atomic mass is 16.4. The Labute approximate surface area is 35.2 Å². The third-order valence-electron chi connectivity index (χ3n) is 0.258. The van der Waals surface area contributed by atoms with Crippen LogP contribution in [0.1, 0.15) is 0 Å². The van der Waals surface area contributed by atoms with Crippen LogP contribution < -0.4 is 0 Å². The molecule has 1 N–H and O–H groups in total. The predicted octanol–water partition coefficient (Wildman–Crippen LogP) is -0.294. The maximum absolute atomic E-state index is 9.34. The summed E-state index contributed by atoms with van der Waals surface area (Å²) < 4.78 is 0. The summed E-state index contributed by atoms with van der Waals surface area (Å²) in [5, 5.41) is 17.0. The zero-order valence-electron chi connectivity index (χ0n) is 3.05. The van der Waals surface area contributed by atoms with E-state index in [1.165, 1.54) is 0 Å². The maximum Gasteiger partial charge on any atom is 0.309 e. The highest BCUT2D eigenvalue weighted by Crippen LogP contribution is 1.68. The molecular weight excluding hydrogens is 84.0 g/mol. The molecule has 0 spiro atoms. The van der Waals surface area contributed by atoms with E-state index < -0.39 is 12.6 Å². The van der Waals surface area contributed by atoms with Crippen LogP contribution >= 0.6 is 0 Å². The van der Waals surface area contributed by atoms with Crippen molar-refractivity contribution in [3.63, 3.8) is 0 Å². The van der Waals surface area contributed by atoms with Crippen LogP contribution in [0.2, 0.25) is 0 Å². The van der Waals surface area contributed by atoms with Gasteiger partial charge >= 0.3 is 5.97 Å². The van der Waals surface area contributed by atoms with Crippen molar-refractivity contribution in [3.05, 3.63) is 6.42 Å². The topological polar surface area (TPSA) is 57.2 Å². The van der Waals surface area contributed by atoms with E-state index in [-0.39, 0.29) is 0 Å². The maximum atomic E-state index is 9.34. The summed E-state index contributed by atoms with van der Waals surface area (Å²) in [5.74, 6) is -1.15. The van der Waals surface area contributed by atoms with Crippen molar-refractivity contribution < 1.29 is 15.0 Å². The lowest BCUT2D eigenvalue weighted by atomic mass is 10.5. The average molecular weight is 88.1 g/mol. The van der Waals surface area contributed by atoms with Crippen molar-refractivity contribution in [1.29, 1.82) is 0 Å². The van der Waals surface area contributed by atoms with E-state index in [9.17, 15) is 9.90 Å². The number of hydrogen-bond donors (Lipinski definition) is 1. The number of rotatable bonds is 2. The van der Waals surface area contributed by atoms with E-state index in [0.717, 1.165) is 0 Å². The fraction of sp³-hybridized carbons (Fsp3) is 0.333. The van der Waals surface area contributed by atoms with Gasteiger partial charge in [0.2, 0.25) is 0 Å². The van der Waals surface area contributed by atoms with Crippen molar-refractivity contribution in [1.82, 2.24) is 0 Å². The average Bonchev–Trinajstić information content (AvgIpc) is 1.35. The van der Waals surface area contributed by atoms with E-state index in [0.29, 0.717) is 6.42 Å². The first-order chi connectivity index (χ1) is 2.77. The zero-order valence-corrected chi connectivity index (χ0v) is 3.05. The van der Waals surface area contributed by atoms with Crippen LogP contribution in [0.25, 0.3) is 0 Å². The number of hydrogen-bond acceptors (Lipinski definition) is 1. The monoisotopic (exact) mass is 88.0 g/mol. The molecule has 0 saturated carbocycles. The SMILES string of the molecule is [O]C[CH]C(=O)O. The first-order valence-electron chi connectivity index (χ1n) is 1.41. The molecule has 0 atom stereocenters. The highest BCUT2D eigenvalue weighted by Gasteiger charge is 1.91. The van der Waals surface area contributed by atoms with Gasteiger partial charge in [-0.1, -0.05) is 0 Å². The molecule has 0 amide bonds. The Hall–Kier alpha value is -0.570. The molecule has 0 aliphatic heterocycles. The lowest BCUT2D eigenvalue weighted by Gasteiger charge is -1.76. The fourth-order valence-corrected chi connectivity index (χ4v) is 0.0713. The molecule has 0 aromatic rings. The van der Waals surface area contributed by atoms with Gasteiger partial charge in [-0.15, -0.1) is 0 Å². The first-order valence-corrected chi connectivity index (χ1v) is 1.41. The smallest absolute Gasteiger partial charge is 0.309 e. The summed E-state index contributed by atoms with van der Waals surface area (Å²) in [4.78, 5) is 9.34. The molecule has 0 unspecified atom stereocenters. The summed E-state index contributed by atoms with van der Waals surface area (Å²) in [6, 6.07) is 0. The third kappa shape index (κ3) is 3.43. The molecule has 0 aliphatic carbocycles. The van der Waals surface area contributed by atoms with Gasteiger partial charge in [-0.25, -0.2) is 5.11 Å². The molecule has 0 aromatic carbocycles. The largest absolute Gasteiger partial charge is 0.481 e. The van der Waals surface area contributed by atoms with Gasteiger partial charge in [-0.05, 0) is 0 Å². The van der Waals surface area contributed by atoms with Crippen LogP contribution in [-0.4, -0.2) is 17.7 Å². The number of aliphatic carboxylic acids is 1. The molecule has 0 rings (SSSR count). The standard InChI is InChI=1S/C3H4O3/c4-2-1-3(5)6/h1H,2H2,(H,5,6). The fourth-order valence-electron chi connectivity index (χ4n) is 0.0713. The Balaban J connectivity index is 2.83. The summed E-state index contributed by atoms with van der Waals surface area (Å²) in [7, 11) is 0. The van der Waals surface area contributed by atoms with Gasteiger partial charge in [0.25, 0.3) is 0 Å². The van der Waals surface area contributed by atoms with E-state index in [1.807, 2.05) is 0 Å². The van der Waals surface area contributed by atoms with Gasteiger partial charge in [0.05, 0.1) is 13.0 Å². The van der Waals surface area contributed by atoms with Gasteiger partial charge in [-0.3, -0.25) is 4.79 Å². The first kappa shape index (κ1) is 5.43. The Bertz CT molecular complexity index is 50.0. The quantitative estimate of drug-likeness (QED) is 0.504. The molecule has 0 aromatic heterocycles. The Kier molecular flexibility index (Phi) is 2.40. The summed E-state index contributed by atoms with van der Waals surface area (Å²) in [5.41, 5.74) is 0. The highest BCUT2D eigenvalue weighted by molar-refractivity contribution is 5.76. The van der Waals surface area contributed by atoms with Crippen molar-refractivity contribution in [2.75, 3.05) is 6.61 Å². The predicted molar refractivity (Wildman–Crippen MR) is 17.5 cm³/mol. The number of carboxylic acid groups (broad SMARTS) is 1. The molecule has 0 bridgehead atoms. The van der Waals surface area contributed by atoms with E-state index >= 15 is 0 Å². The van der Waals surface area contributed by atoms with Crippen LogP contribution in [0, 0.1) is 6.42 Å². The molecule has 0 aliphatic rings. The van der Waals surface area contributed by atoms with Crippen molar-refractivity contribution in [2.24, 2.45) is 0 Å². The lowest BCUT2D eigenvalue weighted by molar-refractivity contribution is -0.133. The normalized spacial score (nSPS) is 8.17. The minimum Gasteiger partial charge on any atom is -0.481 e. The molecule has 0 saturated heterocycles. The molecule has 2 radical (unpaired) electrons. The third-order valence-corrected chi connectivity index (χ3v) is 0.258. The van der Waals surface area contributed by atoms with Crippen LogP contribution in [0.5, 0.6) is 0 Å². The van der Waals surface area contributed by atoms with E-state index in [4.69, 9.17) is 5.11 Å². The molecule has 0 heterocycles. The molecule has 6 heavy (non-hydrogen) atoms. The summed E-state index contributed by atoms with van der Waals surface area (Å²) in [6.45, 7) is -0.644. The minimum atomic E-state index is -1.15. The number of carbonyl (C=O) groups is 1. The molecule has 34 valence electrons. The Morgan fingerprint density at radius 1 is 1.83 bits per heavy atom. The Morgan fingerprint density at radius 2 is 2.33 bits per heavy atom. The number of carboxylic acids is 1. The van der Waals surface area contributed by atoms with Crippen molar-refractivity contribution in [3.8, 4) is 0 Å². The van der Waals surface area contributed by atoms with Gasteiger partial charge in [-0.2, -0.15) is 0 Å². The second-order valence-electron chi connectivity index (χ2n) is 0.709. The molecule has 3 nitrogen and oxygen atoms in total. The van der Waals surface area contributed by atoms with Crippen molar-refractivity contribution in [2.45, 2.75) is 0 Å². The second kappa shape index (κ2) is 2.66. The molecular formula is C3H4O3. The lowest BCUT2D eigenvalue weighted by Crippen LogP contribution is -1.96. The van der Waals surface area contributed by atoms with Gasteiger partial charge in [0.1, 0.15) is 0 Å². The van der Waals surface area contributed by atoms with E-state index in [1.54, 1.807) is 0 Å². The van der Waals surface area contributed by atoms with Gasteiger partial charge < -0.3 is 5.11 Å². The van der Waals surface area contributed by atoms with Crippen molar-refractivity contribution >= 4 is 5.97 Å². The van der Waals surface area contributed by atoms with Crippen LogP contribution in [0.3, 0.4) is 0 Å². The summed E-state index contributed by atoms with van der Waals surface area (Å²) >= 11 is 0. The van der Waals surface area contributed by atoms with Crippen LogP contribution in [0.4, 0.5) is 0 Å². The van der Waals surface area contributed by atoms with Crippen LogP contribution in [-0.2, 0) is 9.90 Å². The zero-order chi connectivity index (χ0) is 4.99. The minimum absolute atomic E-state index is 0.644. The van der Waals surface area contributed by atoms with E-state index in [2.05, 4.69) is 0 Å². The van der Waals surface area contributed by atoms with Gasteiger partial charge in [0, 0.05) is 0 Å². The van der Waals surface area contributed by atoms with Crippen LogP contribution in [0.15, 0.2) is 0 Å². The molecule has 0 fully saturated rings. The van der Waals surface area contributed by atoms with Gasteiger partial charge in [0.15, 0.2) is 0 Å². The Morgan fingerprint density at radius 3 is 2.33 bits per heavy atom. The second-order valence-corrected chi connectivity index (χ2v) is 0.709.